The molecule has 3 heterocycles. The Labute approximate surface area is 163 Å². The lowest BCUT2D eigenvalue weighted by Gasteiger charge is -2.12. The second-order valence-electron chi connectivity index (χ2n) is 5.98. The summed E-state index contributed by atoms with van der Waals surface area (Å²) in [4.78, 5) is 23.9. The van der Waals surface area contributed by atoms with Crippen LogP contribution in [-0.2, 0) is 14.8 Å². The topological polar surface area (TPSA) is 114 Å². The van der Waals surface area contributed by atoms with E-state index < -0.39 is 10.0 Å². The highest BCUT2D eigenvalue weighted by Crippen LogP contribution is 2.26. The van der Waals surface area contributed by atoms with Gasteiger partial charge in [0.05, 0.1) is 11.4 Å². The van der Waals surface area contributed by atoms with Gasteiger partial charge in [-0.25, -0.2) is 13.4 Å². The summed E-state index contributed by atoms with van der Waals surface area (Å²) in [6, 6.07) is 8.18. The standard InChI is InChI=1S/C19H19N5O3S/c1-3-19(25)23-18-10-14(6-8-21-18)15-9-17(13(2)22-11-15)24-28(26,27)16-5-4-7-20-12-16/h4-12,24H,3H2,1-2H3,(H,21,23,25). The molecular weight excluding hydrogens is 378 g/mol. The molecule has 0 saturated carbocycles. The summed E-state index contributed by atoms with van der Waals surface area (Å²) in [7, 11) is -3.78. The van der Waals surface area contributed by atoms with E-state index in [-0.39, 0.29) is 10.8 Å². The van der Waals surface area contributed by atoms with Crippen LogP contribution in [-0.4, -0.2) is 29.3 Å². The first-order chi connectivity index (χ1) is 13.4. The van der Waals surface area contributed by atoms with Gasteiger partial charge in [-0.2, -0.15) is 0 Å². The number of amides is 1. The first-order valence-electron chi connectivity index (χ1n) is 8.55. The van der Waals surface area contributed by atoms with E-state index in [1.807, 2.05) is 0 Å². The second-order valence-corrected chi connectivity index (χ2v) is 7.67. The van der Waals surface area contributed by atoms with Crippen LogP contribution < -0.4 is 10.0 Å². The summed E-state index contributed by atoms with van der Waals surface area (Å²) in [6.45, 7) is 3.47. The van der Waals surface area contributed by atoms with Crippen LogP contribution in [0.5, 0.6) is 0 Å². The average Bonchev–Trinajstić information content (AvgIpc) is 2.70. The number of aryl methyl sites for hydroxylation is 1. The van der Waals surface area contributed by atoms with Crippen LogP contribution in [0.25, 0.3) is 11.1 Å². The van der Waals surface area contributed by atoms with Gasteiger partial charge in [-0.1, -0.05) is 6.92 Å². The molecule has 0 bridgehead atoms. The van der Waals surface area contributed by atoms with Gasteiger partial charge in [0.25, 0.3) is 10.0 Å². The zero-order valence-corrected chi connectivity index (χ0v) is 16.2. The summed E-state index contributed by atoms with van der Waals surface area (Å²) >= 11 is 0. The first-order valence-corrected chi connectivity index (χ1v) is 10.0. The highest BCUT2D eigenvalue weighted by Gasteiger charge is 2.16. The van der Waals surface area contributed by atoms with Crippen LogP contribution in [0.15, 0.2) is 60.0 Å². The molecule has 0 saturated heterocycles. The molecule has 0 aliphatic carbocycles. The third kappa shape index (κ3) is 4.49. The first kappa shape index (κ1) is 19.4. The van der Waals surface area contributed by atoms with Gasteiger partial charge in [0.15, 0.2) is 0 Å². The third-order valence-electron chi connectivity index (χ3n) is 3.96. The molecule has 2 N–H and O–H groups in total. The molecule has 3 aromatic rings. The summed E-state index contributed by atoms with van der Waals surface area (Å²) < 4.78 is 27.7. The van der Waals surface area contributed by atoms with E-state index in [0.717, 1.165) is 5.56 Å². The predicted octanol–water partition coefficient (Wildman–Crippen LogP) is 3.00. The molecule has 28 heavy (non-hydrogen) atoms. The summed E-state index contributed by atoms with van der Waals surface area (Å²) in [5.74, 6) is 0.277. The van der Waals surface area contributed by atoms with E-state index in [0.29, 0.717) is 29.2 Å². The van der Waals surface area contributed by atoms with Gasteiger partial charge in [-0.05, 0) is 42.8 Å². The molecule has 3 aromatic heterocycles. The van der Waals surface area contributed by atoms with E-state index in [4.69, 9.17) is 0 Å². The molecule has 0 aromatic carbocycles. The molecule has 0 fully saturated rings. The summed E-state index contributed by atoms with van der Waals surface area (Å²) in [5, 5.41) is 2.70. The number of hydrogen-bond donors (Lipinski definition) is 2. The Morgan fingerprint density at radius 1 is 1.07 bits per heavy atom. The summed E-state index contributed by atoms with van der Waals surface area (Å²) in [6.07, 6.45) is 6.33. The van der Waals surface area contributed by atoms with E-state index >= 15 is 0 Å². The van der Waals surface area contributed by atoms with Crippen molar-refractivity contribution in [3.05, 3.63) is 60.8 Å². The molecule has 8 nitrogen and oxygen atoms in total. The fourth-order valence-corrected chi connectivity index (χ4v) is 3.49. The quantitative estimate of drug-likeness (QED) is 0.661. The Hall–Kier alpha value is -3.33. The van der Waals surface area contributed by atoms with Gasteiger partial charge < -0.3 is 5.32 Å². The lowest BCUT2D eigenvalue weighted by atomic mass is 10.1. The number of carbonyl (C=O) groups excluding carboxylic acids is 1. The number of sulfonamides is 1. The van der Waals surface area contributed by atoms with Crippen molar-refractivity contribution in [3.63, 3.8) is 0 Å². The van der Waals surface area contributed by atoms with E-state index in [2.05, 4.69) is 25.0 Å². The number of nitrogens with zero attached hydrogens (tertiary/aromatic N) is 3. The Balaban J connectivity index is 1.92. The minimum Gasteiger partial charge on any atom is -0.311 e. The van der Waals surface area contributed by atoms with Crippen molar-refractivity contribution in [2.45, 2.75) is 25.2 Å². The van der Waals surface area contributed by atoms with Crippen LogP contribution in [0.4, 0.5) is 11.5 Å². The molecule has 1 amide bonds. The fourth-order valence-electron chi connectivity index (χ4n) is 2.41. The minimum absolute atomic E-state index is 0.0632. The lowest BCUT2D eigenvalue weighted by Crippen LogP contribution is -2.14. The van der Waals surface area contributed by atoms with Crippen LogP contribution >= 0.6 is 0 Å². The molecule has 0 radical (unpaired) electrons. The summed E-state index contributed by atoms with van der Waals surface area (Å²) in [5.41, 5.74) is 2.32. The third-order valence-corrected chi connectivity index (χ3v) is 5.31. The Kier molecular flexibility index (Phi) is 5.65. The van der Waals surface area contributed by atoms with Crippen molar-refractivity contribution in [2.24, 2.45) is 0 Å². The highest BCUT2D eigenvalue weighted by molar-refractivity contribution is 7.92. The van der Waals surface area contributed by atoms with E-state index in [1.54, 1.807) is 50.5 Å². The average molecular weight is 397 g/mol. The van der Waals surface area contributed by atoms with Crippen molar-refractivity contribution in [1.29, 1.82) is 0 Å². The number of aromatic nitrogens is 3. The van der Waals surface area contributed by atoms with E-state index in [1.165, 1.54) is 18.5 Å². The monoisotopic (exact) mass is 397 g/mol. The maximum absolute atomic E-state index is 12.6. The van der Waals surface area contributed by atoms with Gasteiger partial charge in [-0.3, -0.25) is 19.5 Å². The molecule has 0 spiro atoms. The number of carbonyl (C=O) groups is 1. The predicted molar refractivity (Wildman–Crippen MR) is 106 cm³/mol. The largest absolute Gasteiger partial charge is 0.311 e. The Morgan fingerprint density at radius 3 is 2.61 bits per heavy atom. The van der Waals surface area contributed by atoms with Crippen molar-refractivity contribution < 1.29 is 13.2 Å². The van der Waals surface area contributed by atoms with Gasteiger partial charge in [0, 0.05) is 36.8 Å². The maximum atomic E-state index is 12.6. The maximum Gasteiger partial charge on any atom is 0.263 e. The van der Waals surface area contributed by atoms with Crippen LogP contribution in [0, 0.1) is 6.92 Å². The van der Waals surface area contributed by atoms with Crippen molar-refractivity contribution in [1.82, 2.24) is 15.0 Å². The molecule has 0 unspecified atom stereocenters. The molecule has 3 rings (SSSR count). The number of anilines is 2. The van der Waals surface area contributed by atoms with Crippen molar-refractivity contribution in [3.8, 4) is 11.1 Å². The molecule has 144 valence electrons. The normalized spacial score (nSPS) is 11.1. The number of nitrogens with one attached hydrogen (secondary N) is 2. The minimum atomic E-state index is -3.78. The Morgan fingerprint density at radius 2 is 1.89 bits per heavy atom. The number of rotatable bonds is 6. The van der Waals surface area contributed by atoms with Gasteiger partial charge in [0.2, 0.25) is 5.91 Å². The van der Waals surface area contributed by atoms with Gasteiger partial charge in [-0.15, -0.1) is 0 Å². The van der Waals surface area contributed by atoms with Gasteiger partial charge in [0.1, 0.15) is 10.7 Å². The fraction of sp³-hybridized carbons (Fsp3) is 0.158. The molecule has 0 aliphatic heterocycles. The highest BCUT2D eigenvalue weighted by atomic mass is 32.2. The number of pyridine rings is 3. The smallest absolute Gasteiger partial charge is 0.263 e. The zero-order valence-electron chi connectivity index (χ0n) is 15.4. The van der Waals surface area contributed by atoms with E-state index in [9.17, 15) is 13.2 Å². The van der Waals surface area contributed by atoms with Crippen molar-refractivity contribution >= 4 is 27.4 Å². The van der Waals surface area contributed by atoms with Gasteiger partial charge >= 0.3 is 0 Å². The lowest BCUT2D eigenvalue weighted by molar-refractivity contribution is -0.115. The molecule has 9 heteroatoms. The van der Waals surface area contributed by atoms with Crippen LogP contribution in [0.2, 0.25) is 0 Å². The van der Waals surface area contributed by atoms with Crippen LogP contribution in [0.3, 0.4) is 0 Å². The van der Waals surface area contributed by atoms with Crippen molar-refractivity contribution in [2.75, 3.05) is 10.0 Å². The number of hydrogen-bond acceptors (Lipinski definition) is 6. The van der Waals surface area contributed by atoms with Crippen LogP contribution in [0.1, 0.15) is 19.0 Å². The SMILES string of the molecule is CCC(=O)Nc1cc(-c2cnc(C)c(NS(=O)(=O)c3cccnc3)c2)ccn1. The molecule has 0 atom stereocenters. The molecular formula is C19H19N5O3S. The molecule has 0 aliphatic rings. The Bertz CT molecular complexity index is 1100. The zero-order chi connectivity index (χ0) is 20.1. The second kappa shape index (κ2) is 8.13.